The second-order valence-corrected chi connectivity index (χ2v) is 39.3. The Hall–Kier alpha value is -18.4. The van der Waals surface area contributed by atoms with E-state index in [4.69, 9.17) is 53.6 Å². The second kappa shape index (κ2) is 31.3. The molecule has 12 nitrogen and oxygen atoms in total. The predicted molar refractivity (Wildman–Crippen MR) is 594 cm³/mol. The van der Waals surface area contributed by atoms with Crippen molar-refractivity contribution in [1.29, 1.82) is 0 Å². The third-order valence-electron chi connectivity index (χ3n) is 30.6. The van der Waals surface area contributed by atoms with Gasteiger partial charge in [-0.1, -0.05) is 430 Å². The Morgan fingerprint density at radius 2 is 0.368 bits per heavy atom. The van der Waals surface area contributed by atoms with Crippen molar-refractivity contribution in [2.75, 3.05) is 0 Å². The molecule has 12 heteroatoms. The number of hydrogen-bond acceptors (Lipinski definition) is 9. The molecule has 0 unspecified atom stereocenters. The van der Waals surface area contributed by atoms with Gasteiger partial charge in [-0.25, -0.2) is 15.0 Å². The second-order valence-electron chi connectivity index (χ2n) is 39.3. The van der Waals surface area contributed by atoms with Crippen molar-refractivity contribution in [3.63, 3.8) is 0 Å². The SMILES string of the molecule is CC1(C)c2cccc3c4ccccc4c4cccc5c4c4c(c1ccc4n5-c1nc(-c4ccccc4)nc(-c4ccc(-c5ccccc5)cc4)n1)c23.CC1(C)c2cccc3c4ccccc4c4cccc5c4c4c(c1ccc4n5-c1nc(-c4ccccc4)nc(-c4ccccc4)n1)c23.[2H]c1c([2H])c([2H])c(-c2nc(-c3c([2H])c([2H])c([2H])c([2H])c3[2H])nc(-n3c4cccc5c6ccccc6c6cccc7c6c6c(ccc3c6c54)C7(C)C)n2)c([2H])c1[2H]. The van der Waals surface area contributed by atoms with Crippen molar-refractivity contribution >= 4 is 162 Å². The van der Waals surface area contributed by atoms with Gasteiger partial charge in [-0.05, 0) is 178 Å². The van der Waals surface area contributed by atoms with Gasteiger partial charge in [0.2, 0.25) is 17.8 Å². The molecular weight excluding hydrogens is 1750 g/mol. The fourth-order valence-corrected chi connectivity index (χ4v) is 24.2. The van der Waals surface area contributed by atoms with Crippen molar-refractivity contribution in [2.45, 2.75) is 57.8 Å². The first-order valence-corrected chi connectivity index (χ1v) is 48.7. The molecule has 0 atom stereocenters. The van der Waals surface area contributed by atoms with E-state index >= 15 is 0 Å². The van der Waals surface area contributed by atoms with Gasteiger partial charge in [0, 0.05) is 81.9 Å². The highest BCUT2D eigenvalue weighted by Crippen LogP contribution is 2.58. The van der Waals surface area contributed by atoms with Crippen LogP contribution in [0.25, 0.3) is 260 Å². The molecule has 31 rings (SSSR count). The minimum absolute atomic E-state index is 0.0287. The molecule has 28 aromatic rings. The average Bonchev–Trinajstić information content (AvgIpc) is 1.52. The topological polar surface area (TPSA) is 131 Å². The third kappa shape index (κ3) is 12.1. The van der Waals surface area contributed by atoms with E-state index < -0.39 is 60.4 Å². The van der Waals surface area contributed by atoms with E-state index in [9.17, 15) is 0 Å². The lowest BCUT2D eigenvalue weighted by atomic mass is 9.81. The van der Waals surface area contributed by atoms with Gasteiger partial charge in [0.25, 0.3) is 0 Å². The molecule has 0 radical (unpaired) electrons. The molecule has 6 heterocycles. The fraction of sp³-hybridized carbons (Fsp3) is 0.0682. The maximum absolute atomic E-state index is 8.82. The maximum atomic E-state index is 8.82. The highest BCUT2D eigenvalue weighted by Gasteiger charge is 2.41. The van der Waals surface area contributed by atoms with Crippen molar-refractivity contribution in [2.24, 2.45) is 0 Å². The molecule has 676 valence electrons. The van der Waals surface area contributed by atoms with Gasteiger partial charge in [0.05, 0.1) is 46.8 Å². The lowest BCUT2D eigenvalue weighted by Crippen LogP contribution is -2.15. The third-order valence-corrected chi connectivity index (χ3v) is 30.6. The molecule has 0 bridgehead atoms. The molecule has 0 aliphatic heterocycles. The molecule has 3 aliphatic carbocycles. The molecule has 144 heavy (non-hydrogen) atoms. The van der Waals surface area contributed by atoms with Crippen LogP contribution < -0.4 is 0 Å². The Bertz CT molecular complexity index is 10800. The number of hydrogen-bond donors (Lipinski definition) is 0. The number of aromatic nitrogens is 12. The normalized spacial score (nSPS) is 14.5. The van der Waals surface area contributed by atoms with Gasteiger partial charge >= 0.3 is 0 Å². The summed E-state index contributed by atoms with van der Waals surface area (Å²) in [6, 6.07) is 123. The summed E-state index contributed by atoms with van der Waals surface area (Å²) in [4.78, 5) is 45.2. The van der Waals surface area contributed by atoms with Crippen molar-refractivity contribution in [1.82, 2.24) is 58.6 Å². The molecule has 0 N–H and O–H groups in total. The van der Waals surface area contributed by atoms with Crippen molar-refractivity contribution in [3.05, 3.63) is 458 Å². The summed E-state index contributed by atoms with van der Waals surface area (Å²) in [6.45, 7) is 13.9. The predicted octanol–water partition coefficient (Wildman–Crippen LogP) is 32.9. The minimum Gasteiger partial charge on any atom is -0.278 e. The Balaban J connectivity index is 0.000000108. The highest BCUT2D eigenvalue weighted by atomic mass is 15.2. The largest absolute Gasteiger partial charge is 0.278 e. The van der Waals surface area contributed by atoms with Gasteiger partial charge in [0.15, 0.2) is 34.9 Å². The minimum atomic E-state index is -0.599. The van der Waals surface area contributed by atoms with Gasteiger partial charge < -0.3 is 0 Å². The zero-order valence-electron chi connectivity index (χ0n) is 89.0. The van der Waals surface area contributed by atoms with Crippen LogP contribution in [0, 0.1) is 0 Å². The molecule has 0 spiro atoms. The first-order valence-electron chi connectivity index (χ1n) is 53.7. The van der Waals surface area contributed by atoms with Crippen LogP contribution in [0.1, 0.15) is 88.6 Å². The quantitative estimate of drug-likeness (QED) is 0.131. The summed E-state index contributed by atoms with van der Waals surface area (Å²) in [7, 11) is 0. The van der Waals surface area contributed by atoms with Crippen LogP contribution >= 0.6 is 0 Å². The van der Waals surface area contributed by atoms with Crippen molar-refractivity contribution in [3.8, 4) is 97.3 Å². The smallest absolute Gasteiger partial charge is 0.238 e. The molecule has 0 saturated heterocycles. The lowest BCUT2D eigenvalue weighted by Gasteiger charge is -2.22. The van der Waals surface area contributed by atoms with Gasteiger partial charge in [-0.15, -0.1) is 0 Å². The zero-order valence-corrected chi connectivity index (χ0v) is 79.0. The Labute approximate surface area is 842 Å². The van der Waals surface area contributed by atoms with E-state index in [2.05, 4.69) is 329 Å². The Morgan fingerprint density at radius 1 is 0.160 bits per heavy atom. The van der Waals surface area contributed by atoms with E-state index in [1.165, 1.54) is 120 Å². The number of rotatable bonds is 10. The van der Waals surface area contributed by atoms with Gasteiger partial charge in [-0.3, -0.25) is 13.7 Å². The van der Waals surface area contributed by atoms with Gasteiger partial charge in [0.1, 0.15) is 0 Å². The van der Waals surface area contributed by atoms with Crippen molar-refractivity contribution < 1.29 is 13.7 Å². The standard InChI is InChI=1S/C48H32N4.2C42H28N4/c1-48(2)37-21-11-19-35-33-17-9-10-18-34(33)36-20-12-22-39-42(36)44-40(28-27-38(48)43(44)41(35)37)52(39)47-50-45(31-15-7-4-8-16-31)49-46(51-47)32-25-23-30(24-26-32)29-13-5-3-6-14-29;2*1-42(2)31-21-11-19-29-27-17-9-10-18-28(27)30-20-12-22-33-36(30)38-34(24-23-32(42)37(38)35(29)31)46(33)41-44-39(25-13-5-3-6-14-25)43-40(45-41)26-15-7-4-8-16-26/h3-28H,1-2H3;2*3-24H,1-2H3/i;3D,4D,5D,6D,7D,8D,13D,14D,15D,16D;. The maximum Gasteiger partial charge on any atom is 0.238 e. The molecule has 0 saturated carbocycles. The monoisotopic (exact) mass is 1850 g/mol. The van der Waals surface area contributed by atoms with Crippen LogP contribution in [-0.2, 0) is 16.2 Å². The molecule has 0 amide bonds. The number of fused-ring (bicyclic) bond motifs is 9. The van der Waals surface area contributed by atoms with Gasteiger partial charge in [-0.2, -0.15) is 29.9 Å². The first-order chi connectivity index (χ1) is 74.9. The van der Waals surface area contributed by atoms with Crippen LogP contribution in [0.2, 0.25) is 0 Å². The number of benzene rings is 19. The summed E-state index contributed by atoms with van der Waals surface area (Å²) >= 11 is 0. The number of nitrogens with zero attached hydrogens (tertiary/aromatic N) is 12. The summed E-state index contributed by atoms with van der Waals surface area (Å²) in [5.41, 5.74) is 18.5. The van der Waals surface area contributed by atoms with E-state index in [-0.39, 0.29) is 45.0 Å². The van der Waals surface area contributed by atoms with E-state index in [0.717, 1.165) is 98.5 Å². The first kappa shape index (κ1) is 72.9. The van der Waals surface area contributed by atoms with Crippen LogP contribution in [0.3, 0.4) is 0 Å². The molecule has 6 aromatic heterocycles. The van der Waals surface area contributed by atoms with E-state index in [0.29, 0.717) is 46.2 Å². The van der Waals surface area contributed by atoms with Crippen LogP contribution in [0.4, 0.5) is 0 Å². The highest BCUT2D eigenvalue weighted by molar-refractivity contribution is 6.39. The summed E-state index contributed by atoms with van der Waals surface area (Å²) in [5, 5.41) is 28.7. The summed E-state index contributed by atoms with van der Waals surface area (Å²) < 4.78 is 91.7. The lowest BCUT2D eigenvalue weighted by molar-refractivity contribution is 0.663. The molecule has 0 fully saturated rings. The van der Waals surface area contributed by atoms with Crippen LogP contribution in [-0.4, -0.2) is 58.6 Å². The molecule has 22 aromatic carbocycles. The van der Waals surface area contributed by atoms with E-state index in [1.54, 1.807) is 0 Å². The zero-order chi connectivity index (χ0) is 104. The summed E-state index contributed by atoms with van der Waals surface area (Å²) in [5.74, 6) is 3.14. The molecule has 3 aliphatic rings. The Morgan fingerprint density at radius 3 is 0.653 bits per heavy atom. The van der Waals surface area contributed by atoms with Crippen LogP contribution in [0.15, 0.2) is 424 Å². The van der Waals surface area contributed by atoms with Crippen LogP contribution in [0.5, 0.6) is 0 Å². The molecular formula is C132H88N12. The fourth-order valence-electron chi connectivity index (χ4n) is 24.2. The average molecular weight is 1850 g/mol. The summed E-state index contributed by atoms with van der Waals surface area (Å²) in [6.07, 6.45) is 0. The Kier molecular flexibility index (Phi) is 15.8. The van der Waals surface area contributed by atoms with E-state index in [1.807, 2.05) is 95.6 Å².